The maximum Gasteiger partial charge on any atom is 0.262 e. The van der Waals surface area contributed by atoms with E-state index in [1.54, 1.807) is 43.5 Å². The van der Waals surface area contributed by atoms with Gasteiger partial charge in [0, 0.05) is 23.6 Å². The van der Waals surface area contributed by atoms with Gasteiger partial charge in [-0.05, 0) is 24.6 Å². The molecular formula is C19H19NO5. The maximum absolute atomic E-state index is 12.2. The molecule has 0 saturated carbocycles. The first-order valence-electron chi connectivity index (χ1n) is 7.92. The Bertz CT molecular complexity index is 815. The van der Waals surface area contributed by atoms with Crippen LogP contribution in [0.25, 0.3) is 0 Å². The summed E-state index contributed by atoms with van der Waals surface area (Å²) in [5.74, 6) is 1.51. The van der Waals surface area contributed by atoms with Crippen LogP contribution in [0, 0.1) is 0 Å². The largest absolute Gasteiger partial charge is 0.497 e. The van der Waals surface area contributed by atoms with E-state index in [9.17, 15) is 9.59 Å². The zero-order valence-corrected chi connectivity index (χ0v) is 14.1. The monoisotopic (exact) mass is 341 g/mol. The van der Waals surface area contributed by atoms with Crippen molar-refractivity contribution in [1.29, 1.82) is 0 Å². The highest BCUT2D eigenvalue weighted by Gasteiger charge is 2.23. The second-order valence-corrected chi connectivity index (χ2v) is 5.61. The fraction of sp³-hybridized carbons (Fsp3) is 0.263. The minimum absolute atomic E-state index is 0.117. The molecule has 1 N–H and O–H groups in total. The van der Waals surface area contributed by atoms with Gasteiger partial charge in [0.05, 0.1) is 19.9 Å². The SMILES string of the molecule is COc1ccc(OC)c(NC(=O)COc2cccc3c2CCC3=O)c1. The summed E-state index contributed by atoms with van der Waals surface area (Å²) in [7, 11) is 3.08. The Hall–Kier alpha value is -3.02. The summed E-state index contributed by atoms with van der Waals surface area (Å²) in [6.45, 7) is -0.162. The van der Waals surface area contributed by atoms with E-state index in [0.29, 0.717) is 41.3 Å². The summed E-state index contributed by atoms with van der Waals surface area (Å²) in [6.07, 6.45) is 1.14. The lowest BCUT2D eigenvalue weighted by molar-refractivity contribution is -0.118. The lowest BCUT2D eigenvalue weighted by atomic mass is 10.1. The first-order valence-corrected chi connectivity index (χ1v) is 7.92. The third-order valence-corrected chi connectivity index (χ3v) is 4.08. The third-order valence-electron chi connectivity index (χ3n) is 4.08. The van der Waals surface area contributed by atoms with Gasteiger partial charge in [-0.2, -0.15) is 0 Å². The maximum atomic E-state index is 12.2. The lowest BCUT2D eigenvalue weighted by Crippen LogP contribution is -2.21. The molecule has 0 saturated heterocycles. The van der Waals surface area contributed by atoms with Crippen LogP contribution in [0.5, 0.6) is 17.2 Å². The van der Waals surface area contributed by atoms with Gasteiger partial charge in [0.2, 0.25) is 0 Å². The first-order chi connectivity index (χ1) is 12.1. The molecule has 0 aromatic heterocycles. The van der Waals surface area contributed by atoms with Crippen LogP contribution < -0.4 is 19.5 Å². The Labute approximate surface area is 145 Å². The van der Waals surface area contributed by atoms with Crippen LogP contribution in [-0.4, -0.2) is 32.5 Å². The van der Waals surface area contributed by atoms with Crippen LogP contribution >= 0.6 is 0 Å². The number of methoxy groups -OCH3 is 2. The molecule has 1 aliphatic rings. The van der Waals surface area contributed by atoms with Crippen molar-refractivity contribution in [2.45, 2.75) is 12.8 Å². The van der Waals surface area contributed by atoms with Crippen LogP contribution in [-0.2, 0) is 11.2 Å². The van der Waals surface area contributed by atoms with E-state index in [0.717, 1.165) is 5.56 Å². The number of ether oxygens (including phenoxy) is 3. The molecule has 0 bridgehead atoms. The Morgan fingerprint density at radius 1 is 1.08 bits per heavy atom. The number of carbonyl (C=O) groups is 2. The molecule has 130 valence electrons. The standard InChI is InChI=1S/C19H19NO5/c1-23-12-6-9-18(24-2)15(10-12)20-19(22)11-25-17-5-3-4-13-14(17)7-8-16(13)21/h3-6,9-10H,7-8,11H2,1-2H3,(H,20,22). The fourth-order valence-electron chi connectivity index (χ4n) is 2.83. The average molecular weight is 341 g/mol. The van der Waals surface area contributed by atoms with Gasteiger partial charge in [0.15, 0.2) is 12.4 Å². The molecule has 0 heterocycles. The van der Waals surface area contributed by atoms with Crippen molar-refractivity contribution in [3.63, 3.8) is 0 Å². The normalized spacial score (nSPS) is 12.5. The van der Waals surface area contributed by atoms with Crippen molar-refractivity contribution in [3.8, 4) is 17.2 Å². The third kappa shape index (κ3) is 3.57. The van der Waals surface area contributed by atoms with E-state index < -0.39 is 0 Å². The van der Waals surface area contributed by atoms with Gasteiger partial charge in [-0.3, -0.25) is 9.59 Å². The molecule has 6 heteroatoms. The number of nitrogens with one attached hydrogen (secondary N) is 1. The summed E-state index contributed by atoms with van der Waals surface area (Å²) in [4.78, 5) is 24.0. The summed E-state index contributed by atoms with van der Waals surface area (Å²) in [5, 5.41) is 2.75. The Morgan fingerprint density at radius 2 is 1.92 bits per heavy atom. The van der Waals surface area contributed by atoms with E-state index in [2.05, 4.69) is 5.32 Å². The van der Waals surface area contributed by atoms with Crippen LogP contribution in [0.3, 0.4) is 0 Å². The smallest absolute Gasteiger partial charge is 0.262 e. The number of carbonyl (C=O) groups excluding carboxylic acids is 2. The Kier molecular flexibility index (Phi) is 4.88. The van der Waals surface area contributed by atoms with Crippen LogP contribution in [0.2, 0.25) is 0 Å². The highest BCUT2D eigenvalue weighted by Crippen LogP contribution is 2.31. The molecule has 0 aliphatic heterocycles. The predicted molar refractivity (Wildman–Crippen MR) is 92.8 cm³/mol. The molecule has 1 amide bonds. The van der Waals surface area contributed by atoms with Gasteiger partial charge < -0.3 is 19.5 Å². The quantitative estimate of drug-likeness (QED) is 0.874. The van der Waals surface area contributed by atoms with Gasteiger partial charge >= 0.3 is 0 Å². The topological polar surface area (TPSA) is 73.9 Å². The van der Waals surface area contributed by atoms with Gasteiger partial charge in [-0.1, -0.05) is 12.1 Å². The second-order valence-electron chi connectivity index (χ2n) is 5.61. The number of anilines is 1. The van der Waals surface area contributed by atoms with Gasteiger partial charge in [0.25, 0.3) is 5.91 Å². The first kappa shape index (κ1) is 16.8. The zero-order chi connectivity index (χ0) is 17.8. The number of Topliss-reactive ketones (excluding diaryl/α,β-unsaturated/α-hetero) is 1. The molecule has 3 rings (SSSR count). The predicted octanol–water partition coefficient (Wildman–Crippen LogP) is 2.85. The lowest BCUT2D eigenvalue weighted by Gasteiger charge is -2.13. The van der Waals surface area contributed by atoms with E-state index in [1.165, 1.54) is 7.11 Å². The fourth-order valence-corrected chi connectivity index (χ4v) is 2.83. The van der Waals surface area contributed by atoms with Crippen LogP contribution in [0.15, 0.2) is 36.4 Å². The number of hydrogen-bond donors (Lipinski definition) is 1. The average Bonchev–Trinajstić information content (AvgIpc) is 3.01. The molecular weight excluding hydrogens is 322 g/mol. The van der Waals surface area contributed by atoms with Crippen molar-refractivity contribution in [2.75, 3.05) is 26.1 Å². The second kappa shape index (κ2) is 7.25. The summed E-state index contributed by atoms with van der Waals surface area (Å²) in [6, 6.07) is 10.5. The van der Waals surface area contributed by atoms with Gasteiger partial charge in [-0.25, -0.2) is 0 Å². The van der Waals surface area contributed by atoms with Crippen molar-refractivity contribution in [3.05, 3.63) is 47.5 Å². The number of benzene rings is 2. The highest BCUT2D eigenvalue weighted by molar-refractivity contribution is 6.01. The molecule has 25 heavy (non-hydrogen) atoms. The molecule has 0 atom stereocenters. The number of amides is 1. The van der Waals surface area contributed by atoms with Gasteiger partial charge in [0.1, 0.15) is 17.2 Å². The number of ketones is 1. The van der Waals surface area contributed by atoms with Crippen molar-refractivity contribution in [2.24, 2.45) is 0 Å². The van der Waals surface area contributed by atoms with E-state index in [4.69, 9.17) is 14.2 Å². The Morgan fingerprint density at radius 3 is 2.68 bits per heavy atom. The molecule has 0 radical (unpaired) electrons. The molecule has 0 spiro atoms. The minimum Gasteiger partial charge on any atom is -0.497 e. The van der Waals surface area contributed by atoms with E-state index in [-0.39, 0.29) is 18.3 Å². The number of hydrogen-bond acceptors (Lipinski definition) is 5. The zero-order valence-electron chi connectivity index (χ0n) is 14.1. The molecule has 1 aliphatic carbocycles. The number of fused-ring (bicyclic) bond motifs is 1. The Balaban J connectivity index is 1.68. The molecule has 6 nitrogen and oxygen atoms in total. The molecule has 2 aromatic rings. The van der Waals surface area contributed by atoms with E-state index >= 15 is 0 Å². The molecule has 0 fully saturated rings. The van der Waals surface area contributed by atoms with E-state index in [1.807, 2.05) is 0 Å². The number of rotatable bonds is 6. The van der Waals surface area contributed by atoms with Crippen molar-refractivity contribution < 1.29 is 23.8 Å². The van der Waals surface area contributed by atoms with Crippen LogP contribution in [0.1, 0.15) is 22.3 Å². The summed E-state index contributed by atoms with van der Waals surface area (Å²) < 4.78 is 16.0. The molecule has 2 aromatic carbocycles. The summed E-state index contributed by atoms with van der Waals surface area (Å²) >= 11 is 0. The summed E-state index contributed by atoms with van der Waals surface area (Å²) in [5.41, 5.74) is 2.07. The highest BCUT2D eigenvalue weighted by atomic mass is 16.5. The van der Waals surface area contributed by atoms with Crippen molar-refractivity contribution in [1.82, 2.24) is 0 Å². The minimum atomic E-state index is -0.325. The van der Waals surface area contributed by atoms with Crippen LogP contribution in [0.4, 0.5) is 5.69 Å². The van der Waals surface area contributed by atoms with Gasteiger partial charge in [-0.15, -0.1) is 0 Å². The molecule has 0 unspecified atom stereocenters. The van der Waals surface area contributed by atoms with Crippen molar-refractivity contribution >= 4 is 17.4 Å².